The Balaban J connectivity index is 2.36. The summed E-state index contributed by atoms with van der Waals surface area (Å²) in [7, 11) is 0. The summed E-state index contributed by atoms with van der Waals surface area (Å²) in [6, 6.07) is 3.40. The molecular formula is C12H13F2N3S. The number of nitrogens with zero attached hydrogens (tertiary/aromatic N) is 2. The van der Waals surface area contributed by atoms with Crippen molar-refractivity contribution in [1.82, 2.24) is 14.8 Å². The molecule has 0 aliphatic heterocycles. The van der Waals surface area contributed by atoms with Crippen LogP contribution in [0.4, 0.5) is 8.78 Å². The van der Waals surface area contributed by atoms with Crippen LogP contribution in [0.3, 0.4) is 0 Å². The van der Waals surface area contributed by atoms with Crippen LogP contribution in [0.1, 0.15) is 24.7 Å². The van der Waals surface area contributed by atoms with E-state index in [0.717, 1.165) is 30.8 Å². The van der Waals surface area contributed by atoms with Gasteiger partial charge in [0.2, 0.25) is 0 Å². The van der Waals surface area contributed by atoms with E-state index in [1.165, 1.54) is 6.07 Å². The first kappa shape index (κ1) is 12.9. The first-order valence-electron chi connectivity index (χ1n) is 5.69. The first-order chi connectivity index (χ1) is 8.61. The molecule has 96 valence electrons. The van der Waals surface area contributed by atoms with Crippen molar-refractivity contribution >= 4 is 12.2 Å². The second kappa shape index (κ2) is 5.39. The predicted molar refractivity (Wildman–Crippen MR) is 66.9 cm³/mol. The van der Waals surface area contributed by atoms with E-state index in [1.807, 2.05) is 6.92 Å². The largest absolute Gasteiger partial charge is 0.300 e. The average molecular weight is 269 g/mol. The van der Waals surface area contributed by atoms with E-state index in [4.69, 9.17) is 12.2 Å². The fourth-order valence-electron chi connectivity index (χ4n) is 1.76. The third kappa shape index (κ3) is 2.64. The van der Waals surface area contributed by atoms with Gasteiger partial charge in [-0.3, -0.25) is 9.67 Å². The van der Waals surface area contributed by atoms with Crippen molar-refractivity contribution < 1.29 is 8.78 Å². The lowest BCUT2D eigenvalue weighted by atomic mass is 10.2. The smallest absolute Gasteiger partial charge is 0.195 e. The van der Waals surface area contributed by atoms with E-state index < -0.39 is 11.6 Å². The lowest BCUT2D eigenvalue weighted by molar-refractivity contribution is 0.571. The molecule has 0 spiro atoms. The number of H-pyrrole nitrogens is 1. The molecule has 6 heteroatoms. The van der Waals surface area contributed by atoms with Gasteiger partial charge in [0, 0.05) is 12.0 Å². The van der Waals surface area contributed by atoms with E-state index in [0.29, 0.717) is 4.77 Å². The summed E-state index contributed by atoms with van der Waals surface area (Å²) in [5, 5.41) is 6.76. The Labute approximate surface area is 108 Å². The van der Waals surface area contributed by atoms with Gasteiger partial charge in [-0.15, -0.1) is 0 Å². The van der Waals surface area contributed by atoms with Crippen LogP contribution in [-0.2, 0) is 13.0 Å². The van der Waals surface area contributed by atoms with Crippen LogP contribution in [0, 0.1) is 16.4 Å². The van der Waals surface area contributed by atoms with Crippen LogP contribution >= 0.6 is 12.2 Å². The van der Waals surface area contributed by atoms with E-state index in [-0.39, 0.29) is 12.1 Å². The molecule has 1 aromatic heterocycles. The molecule has 18 heavy (non-hydrogen) atoms. The molecule has 1 aromatic carbocycles. The Hall–Kier alpha value is -1.56. The second-order valence-corrected chi connectivity index (χ2v) is 4.40. The molecule has 1 heterocycles. The number of aryl methyl sites for hydroxylation is 1. The van der Waals surface area contributed by atoms with Gasteiger partial charge in [0.05, 0.1) is 6.54 Å². The van der Waals surface area contributed by atoms with Gasteiger partial charge in [-0.05, 0) is 36.8 Å². The number of hydrogen-bond donors (Lipinski definition) is 1. The maximum Gasteiger partial charge on any atom is 0.195 e. The van der Waals surface area contributed by atoms with Crippen LogP contribution in [0.25, 0.3) is 0 Å². The minimum absolute atomic E-state index is 0.189. The Morgan fingerprint density at radius 3 is 2.89 bits per heavy atom. The van der Waals surface area contributed by atoms with Gasteiger partial charge < -0.3 is 0 Å². The molecule has 0 atom stereocenters. The maximum atomic E-state index is 13.6. The first-order valence-corrected chi connectivity index (χ1v) is 6.10. The van der Waals surface area contributed by atoms with Gasteiger partial charge in [0.1, 0.15) is 17.5 Å². The fraction of sp³-hybridized carbons (Fsp3) is 0.333. The minimum Gasteiger partial charge on any atom is -0.300 e. The van der Waals surface area contributed by atoms with Gasteiger partial charge >= 0.3 is 0 Å². The quantitative estimate of drug-likeness (QED) is 0.865. The zero-order valence-electron chi connectivity index (χ0n) is 9.91. The predicted octanol–water partition coefficient (Wildman–Crippen LogP) is 3.22. The molecule has 2 aromatic rings. The summed E-state index contributed by atoms with van der Waals surface area (Å²) in [5.41, 5.74) is 0.268. The molecule has 0 bridgehead atoms. The molecule has 0 radical (unpaired) electrons. The summed E-state index contributed by atoms with van der Waals surface area (Å²) < 4.78 is 28.8. The summed E-state index contributed by atoms with van der Waals surface area (Å²) in [6.45, 7) is 2.21. The summed E-state index contributed by atoms with van der Waals surface area (Å²) in [6.07, 6.45) is 1.65. The van der Waals surface area contributed by atoms with E-state index in [1.54, 1.807) is 4.57 Å². The van der Waals surface area contributed by atoms with Gasteiger partial charge in [0.15, 0.2) is 4.77 Å². The fourth-order valence-corrected chi connectivity index (χ4v) is 1.98. The number of benzene rings is 1. The highest BCUT2D eigenvalue weighted by Crippen LogP contribution is 2.13. The lowest BCUT2D eigenvalue weighted by Crippen LogP contribution is -2.07. The van der Waals surface area contributed by atoms with E-state index >= 15 is 0 Å². The average Bonchev–Trinajstić information content (AvgIpc) is 2.67. The molecule has 0 unspecified atom stereocenters. The number of halogens is 2. The maximum absolute atomic E-state index is 13.6. The zero-order chi connectivity index (χ0) is 13.1. The van der Waals surface area contributed by atoms with Crippen LogP contribution in [0.15, 0.2) is 18.2 Å². The molecule has 0 aliphatic carbocycles. The van der Waals surface area contributed by atoms with Crippen molar-refractivity contribution in [3.8, 4) is 0 Å². The Morgan fingerprint density at radius 2 is 2.17 bits per heavy atom. The van der Waals surface area contributed by atoms with Crippen molar-refractivity contribution in [3.63, 3.8) is 0 Å². The molecule has 3 nitrogen and oxygen atoms in total. The number of aromatic nitrogens is 3. The van der Waals surface area contributed by atoms with Crippen LogP contribution in [0.2, 0.25) is 0 Å². The van der Waals surface area contributed by atoms with E-state index in [2.05, 4.69) is 10.2 Å². The number of rotatable bonds is 4. The molecule has 0 saturated heterocycles. The molecule has 0 saturated carbocycles. The third-order valence-electron chi connectivity index (χ3n) is 2.65. The van der Waals surface area contributed by atoms with Crippen molar-refractivity contribution in [2.45, 2.75) is 26.3 Å². The number of hydrogen-bond acceptors (Lipinski definition) is 2. The van der Waals surface area contributed by atoms with Gasteiger partial charge in [-0.2, -0.15) is 5.10 Å². The van der Waals surface area contributed by atoms with Crippen molar-refractivity contribution in [2.24, 2.45) is 0 Å². The minimum atomic E-state index is -0.460. The topological polar surface area (TPSA) is 33.6 Å². The lowest BCUT2D eigenvalue weighted by Gasteiger charge is -2.07. The number of nitrogens with one attached hydrogen (secondary N) is 1. The SMILES string of the molecule is CCCc1n[nH]c(=S)n1Cc1cc(F)ccc1F. The summed E-state index contributed by atoms with van der Waals surface area (Å²) in [4.78, 5) is 0. The zero-order valence-corrected chi connectivity index (χ0v) is 10.7. The van der Waals surface area contributed by atoms with Crippen LogP contribution in [-0.4, -0.2) is 14.8 Å². The third-order valence-corrected chi connectivity index (χ3v) is 2.96. The monoisotopic (exact) mass is 269 g/mol. The van der Waals surface area contributed by atoms with Crippen molar-refractivity contribution in [1.29, 1.82) is 0 Å². The van der Waals surface area contributed by atoms with Crippen LogP contribution < -0.4 is 0 Å². The van der Waals surface area contributed by atoms with Crippen molar-refractivity contribution in [2.75, 3.05) is 0 Å². The van der Waals surface area contributed by atoms with E-state index in [9.17, 15) is 8.78 Å². The highest BCUT2D eigenvalue weighted by molar-refractivity contribution is 7.71. The van der Waals surface area contributed by atoms with Crippen LogP contribution in [0.5, 0.6) is 0 Å². The molecular weight excluding hydrogens is 256 g/mol. The molecule has 0 aliphatic rings. The summed E-state index contributed by atoms with van der Waals surface area (Å²) in [5.74, 6) is -0.147. The Bertz CT molecular complexity index is 604. The Kier molecular flexibility index (Phi) is 3.86. The molecule has 1 N–H and O–H groups in total. The van der Waals surface area contributed by atoms with Crippen molar-refractivity contribution in [3.05, 3.63) is 46.0 Å². The van der Waals surface area contributed by atoms with Gasteiger partial charge in [0.25, 0.3) is 0 Å². The molecule has 0 amide bonds. The highest BCUT2D eigenvalue weighted by Gasteiger charge is 2.09. The van der Waals surface area contributed by atoms with Gasteiger partial charge in [-0.25, -0.2) is 8.78 Å². The summed E-state index contributed by atoms with van der Waals surface area (Å²) >= 11 is 5.09. The standard InChI is InChI=1S/C12H13F2N3S/c1-2-3-11-15-16-12(18)17(11)7-8-6-9(13)4-5-10(8)14/h4-6H,2-3,7H2,1H3,(H,16,18). The van der Waals surface area contributed by atoms with Gasteiger partial charge in [-0.1, -0.05) is 6.92 Å². The normalized spacial score (nSPS) is 10.8. The second-order valence-electron chi connectivity index (χ2n) is 4.02. The molecule has 2 rings (SSSR count). The highest BCUT2D eigenvalue weighted by atomic mass is 32.1. The molecule has 0 fully saturated rings. The Morgan fingerprint density at radius 1 is 1.39 bits per heavy atom. The number of aromatic amines is 1.